The third-order valence-electron chi connectivity index (χ3n) is 6.02. The first-order chi connectivity index (χ1) is 14.5. The molecule has 1 heterocycles. The maximum absolute atomic E-state index is 10.3. The number of ether oxygens (including phenoxy) is 2. The SMILES string of the molecule is COc1cc2c(Cc3ccc(Br)cc3O)ncnc2cc1OCC1CCC(C)CC1. The number of fused-ring (bicyclic) bond motifs is 1. The maximum Gasteiger partial charge on any atom is 0.163 e. The number of methoxy groups -OCH3 is 1. The molecular weight excluding hydrogens is 444 g/mol. The Balaban J connectivity index is 1.58. The number of hydrogen-bond donors (Lipinski definition) is 1. The van der Waals surface area contributed by atoms with E-state index in [1.165, 1.54) is 25.7 Å². The van der Waals surface area contributed by atoms with Crippen LogP contribution < -0.4 is 9.47 Å². The summed E-state index contributed by atoms with van der Waals surface area (Å²) in [6.45, 7) is 3.04. The third kappa shape index (κ3) is 4.69. The monoisotopic (exact) mass is 470 g/mol. The van der Waals surface area contributed by atoms with Crippen LogP contribution in [0.5, 0.6) is 17.2 Å². The Kier molecular flexibility index (Phi) is 6.42. The van der Waals surface area contributed by atoms with Crippen molar-refractivity contribution in [2.24, 2.45) is 11.8 Å². The molecule has 1 aromatic heterocycles. The lowest BCUT2D eigenvalue weighted by atomic mass is 9.83. The van der Waals surface area contributed by atoms with E-state index in [0.29, 0.717) is 24.7 Å². The van der Waals surface area contributed by atoms with Crippen LogP contribution in [0.15, 0.2) is 41.1 Å². The van der Waals surface area contributed by atoms with Gasteiger partial charge in [-0.05, 0) is 48.4 Å². The molecule has 0 aliphatic heterocycles. The van der Waals surface area contributed by atoms with E-state index in [9.17, 15) is 5.11 Å². The molecule has 4 rings (SSSR count). The van der Waals surface area contributed by atoms with Crippen molar-refractivity contribution in [2.75, 3.05) is 13.7 Å². The van der Waals surface area contributed by atoms with Crippen molar-refractivity contribution in [3.63, 3.8) is 0 Å². The summed E-state index contributed by atoms with van der Waals surface area (Å²) in [5.74, 6) is 3.08. The van der Waals surface area contributed by atoms with E-state index in [2.05, 4.69) is 32.8 Å². The summed E-state index contributed by atoms with van der Waals surface area (Å²) in [6, 6.07) is 9.38. The highest BCUT2D eigenvalue weighted by atomic mass is 79.9. The summed E-state index contributed by atoms with van der Waals surface area (Å²) in [4.78, 5) is 8.91. The lowest BCUT2D eigenvalue weighted by Crippen LogP contribution is -2.19. The van der Waals surface area contributed by atoms with Gasteiger partial charge in [0.15, 0.2) is 11.5 Å². The van der Waals surface area contributed by atoms with Crippen LogP contribution in [-0.4, -0.2) is 28.8 Å². The number of aromatic hydroxyl groups is 1. The highest BCUT2D eigenvalue weighted by Gasteiger charge is 2.20. The highest BCUT2D eigenvalue weighted by molar-refractivity contribution is 9.10. The standard InChI is InChI=1S/C24H27BrN2O3/c1-15-3-5-16(6-4-15)13-30-24-12-21-19(11-23(24)29-2)20(26-14-27-21)9-17-7-8-18(25)10-22(17)28/h7-8,10-12,14-16,28H,3-6,9,13H2,1-2H3. The Labute approximate surface area is 185 Å². The first kappa shape index (κ1) is 20.9. The minimum Gasteiger partial charge on any atom is -0.508 e. The van der Waals surface area contributed by atoms with Crippen LogP contribution in [0.2, 0.25) is 0 Å². The van der Waals surface area contributed by atoms with Gasteiger partial charge in [-0.3, -0.25) is 0 Å². The normalized spacial score (nSPS) is 19.0. The van der Waals surface area contributed by atoms with Crippen LogP contribution in [0.3, 0.4) is 0 Å². The number of nitrogens with zero attached hydrogens (tertiary/aromatic N) is 2. The Bertz CT molecular complexity index is 1030. The molecule has 3 aromatic rings. The molecule has 0 amide bonds. The topological polar surface area (TPSA) is 64.5 Å². The molecule has 0 bridgehead atoms. The van der Waals surface area contributed by atoms with E-state index in [4.69, 9.17) is 9.47 Å². The number of aromatic nitrogens is 2. The average molecular weight is 471 g/mol. The lowest BCUT2D eigenvalue weighted by molar-refractivity contribution is 0.183. The molecule has 5 nitrogen and oxygen atoms in total. The van der Waals surface area contributed by atoms with Crippen LogP contribution >= 0.6 is 15.9 Å². The number of benzene rings is 2. The van der Waals surface area contributed by atoms with Crippen molar-refractivity contribution in [2.45, 2.75) is 39.0 Å². The predicted octanol–water partition coefficient (Wildman–Crippen LogP) is 5.90. The average Bonchev–Trinajstić information content (AvgIpc) is 2.75. The Morgan fingerprint density at radius 3 is 2.60 bits per heavy atom. The van der Waals surface area contributed by atoms with Crippen LogP contribution in [-0.2, 0) is 6.42 Å². The van der Waals surface area contributed by atoms with Gasteiger partial charge in [-0.2, -0.15) is 0 Å². The van der Waals surface area contributed by atoms with Crippen LogP contribution in [0.4, 0.5) is 0 Å². The molecule has 158 valence electrons. The van der Waals surface area contributed by atoms with E-state index in [-0.39, 0.29) is 5.75 Å². The second-order valence-electron chi connectivity index (χ2n) is 8.23. The molecule has 2 aromatic carbocycles. The van der Waals surface area contributed by atoms with Gasteiger partial charge in [-0.25, -0.2) is 9.97 Å². The van der Waals surface area contributed by atoms with Crippen LogP contribution in [0, 0.1) is 11.8 Å². The summed E-state index contributed by atoms with van der Waals surface area (Å²) in [5, 5.41) is 11.2. The first-order valence-electron chi connectivity index (χ1n) is 10.4. The maximum atomic E-state index is 10.3. The van der Waals surface area contributed by atoms with E-state index >= 15 is 0 Å². The summed E-state index contributed by atoms with van der Waals surface area (Å²) in [7, 11) is 1.65. The molecule has 1 fully saturated rings. The van der Waals surface area contributed by atoms with E-state index in [0.717, 1.165) is 38.3 Å². The quantitative estimate of drug-likeness (QED) is 0.485. The number of phenols is 1. The van der Waals surface area contributed by atoms with Gasteiger partial charge < -0.3 is 14.6 Å². The van der Waals surface area contributed by atoms with Crippen molar-refractivity contribution < 1.29 is 14.6 Å². The van der Waals surface area contributed by atoms with Crippen molar-refractivity contribution in [3.05, 3.63) is 52.4 Å². The van der Waals surface area contributed by atoms with Crippen LogP contribution in [0.25, 0.3) is 10.9 Å². The first-order valence-corrected chi connectivity index (χ1v) is 11.2. The fourth-order valence-corrected chi connectivity index (χ4v) is 4.45. The molecule has 30 heavy (non-hydrogen) atoms. The van der Waals surface area contributed by atoms with Gasteiger partial charge in [0.2, 0.25) is 0 Å². The molecule has 0 atom stereocenters. The summed E-state index contributed by atoms with van der Waals surface area (Å²) < 4.78 is 12.6. The zero-order valence-electron chi connectivity index (χ0n) is 17.4. The molecule has 6 heteroatoms. The molecule has 1 N–H and O–H groups in total. The van der Waals surface area contributed by atoms with Gasteiger partial charge >= 0.3 is 0 Å². The predicted molar refractivity (Wildman–Crippen MR) is 121 cm³/mol. The van der Waals surface area contributed by atoms with Gasteiger partial charge in [0.25, 0.3) is 0 Å². The molecular formula is C24H27BrN2O3. The molecule has 0 radical (unpaired) electrons. The summed E-state index contributed by atoms with van der Waals surface area (Å²) in [5.41, 5.74) is 2.46. The van der Waals surface area contributed by atoms with Crippen molar-refractivity contribution >= 4 is 26.8 Å². The Morgan fingerprint density at radius 1 is 1.07 bits per heavy atom. The highest BCUT2D eigenvalue weighted by Crippen LogP contribution is 2.35. The van der Waals surface area contributed by atoms with Crippen molar-refractivity contribution in [1.82, 2.24) is 9.97 Å². The molecule has 0 unspecified atom stereocenters. The summed E-state index contributed by atoms with van der Waals surface area (Å²) in [6.07, 6.45) is 7.07. The molecule has 1 aliphatic rings. The zero-order valence-corrected chi connectivity index (χ0v) is 19.0. The lowest BCUT2D eigenvalue weighted by Gasteiger charge is -2.26. The van der Waals surface area contributed by atoms with Gasteiger partial charge in [0.05, 0.1) is 24.9 Å². The smallest absolute Gasteiger partial charge is 0.163 e. The number of hydrogen-bond acceptors (Lipinski definition) is 5. The van der Waals surface area contributed by atoms with E-state index in [1.54, 1.807) is 19.5 Å². The fourth-order valence-electron chi connectivity index (χ4n) is 4.10. The van der Waals surface area contributed by atoms with E-state index < -0.39 is 0 Å². The number of halogens is 1. The van der Waals surface area contributed by atoms with Crippen LogP contribution in [0.1, 0.15) is 43.9 Å². The van der Waals surface area contributed by atoms with Gasteiger partial charge in [0.1, 0.15) is 12.1 Å². The molecule has 1 saturated carbocycles. The largest absolute Gasteiger partial charge is 0.508 e. The third-order valence-corrected chi connectivity index (χ3v) is 6.51. The number of rotatable bonds is 6. The van der Waals surface area contributed by atoms with Crippen molar-refractivity contribution in [1.29, 1.82) is 0 Å². The van der Waals surface area contributed by atoms with Gasteiger partial charge in [0, 0.05) is 22.3 Å². The van der Waals surface area contributed by atoms with Gasteiger partial charge in [-0.1, -0.05) is 41.8 Å². The zero-order chi connectivity index (χ0) is 21.1. The second-order valence-corrected chi connectivity index (χ2v) is 9.14. The molecule has 0 spiro atoms. The Hall–Kier alpha value is -2.34. The van der Waals surface area contributed by atoms with E-state index in [1.807, 2.05) is 24.3 Å². The van der Waals surface area contributed by atoms with Crippen molar-refractivity contribution in [3.8, 4) is 17.2 Å². The minimum atomic E-state index is 0.241. The molecule has 1 aliphatic carbocycles. The van der Waals surface area contributed by atoms with Gasteiger partial charge in [-0.15, -0.1) is 0 Å². The second kappa shape index (κ2) is 9.21. The Morgan fingerprint density at radius 2 is 1.87 bits per heavy atom. The number of phenolic OH excluding ortho intramolecular Hbond substituents is 1. The summed E-state index contributed by atoms with van der Waals surface area (Å²) >= 11 is 3.38. The fraction of sp³-hybridized carbons (Fsp3) is 0.417. The minimum absolute atomic E-state index is 0.241. The molecule has 0 saturated heterocycles.